The van der Waals surface area contributed by atoms with Crippen molar-refractivity contribution in [2.45, 2.75) is 0 Å². The highest BCUT2D eigenvalue weighted by Crippen LogP contribution is 2.24. The molecule has 0 fully saturated rings. The molecular formula is C14H13N3OS2. The van der Waals surface area contributed by atoms with Gasteiger partial charge in [0.2, 0.25) is 0 Å². The summed E-state index contributed by atoms with van der Waals surface area (Å²) in [6.07, 6.45) is 0. The highest BCUT2D eigenvalue weighted by molar-refractivity contribution is 7.22. The average molecular weight is 303 g/mol. The molecule has 3 rings (SSSR count). The molecule has 0 saturated heterocycles. The molecule has 0 saturated carbocycles. The number of carbonyl (C=O) groups excluding carboxylic acids is 1. The monoisotopic (exact) mass is 303 g/mol. The van der Waals surface area contributed by atoms with E-state index in [1.54, 1.807) is 11.3 Å². The quantitative estimate of drug-likeness (QED) is 0.712. The van der Waals surface area contributed by atoms with Gasteiger partial charge in [0, 0.05) is 13.1 Å². The van der Waals surface area contributed by atoms with E-state index in [0.29, 0.717) is 13.1 Å². The van der Waals surface area contributed by atoms with E-state index in [4.69, 9.17) is 0 Å². The van der Waals surface area contributed by atoms with Crippen molar-refractivity contribution in [1.82, 2.24) is 10.3 Å². The molecule has 0 aliphatic heterocycles. The van der Waals surface area contributed by atoms with Gasteiger partial charge < -0.3 is 10.6 Å². The molecule has 3 aromatic rings. The molecule has 2 aromatic heterocycles. The van der Waals surface area contributed by atoms with Crippen LogP contribution in [0.4, 0.5) is 5.13 Å². The molecule has 0 bridgehead atoms. The van der Waals surface area contributed by atoms with E-state index in [1.807, 2.05) is 35.7 Å². The number of hydrogen-bond donors (Lipinski definition) is 2. The zero-order valence-electron chi connectivity index (χ0n) is 10.6. The van der Waals surface area contributed by atoms with Gasteiger partial charge in [-0.15, -0.1) is 11.3 Å². The van der Waals surface area contributed by atoms with Gasteiger partial charge in [-0.1, -0.05) is 29.5 Å². The maximum Gasteiger partial charge on any atom is 0.261 e. The van der Waals surface area contributed by atoms with Gasteiger partial charge in [0.15, 0.2) is 5.13 Å². The van der Waals surface area contributed by atoms with Crippen LogP contribution in [-0.2, 0) is 0 Å². The molecule has 2 heterocycles. The molecule has 0 aliphatic carbocycles. The summed E-state index contributed by atoms with van der Waals surface area (Å²) in [5.41, 5.74) is 1.00. The third kappa shape index (κ3) is 2.97. The molecule has 102 valence electrons. The van der Waals surface area contributed by atoms with Gasteiger partial charge in [-0.3, -0.25) is 4.79 Å². The minimum absolute atomic E-state index is 0.0221. The Balaban J connectivity index is 1.49. The first-order valence-electron chi connectivity index (χ1n) is 6.24. The van der Waals surface area contributed by atoms with Gasteiger partial charge in [-0.25, -0.2) is 4.98 Å². The number of carbonyl (C=O) groups is 1. The Kier molecular flexibility index (Phi) is 3.94. The Morgan fingerprint density at radius 3 is 2.85 bits per heavy atom. The fourth-order valence-electron chi connectivity index (χ4n) is 1.79. The summed E-state index contributed by atoms with van der Waals surface area (Å²) in [4.78, 5) is 16.9. The van der Waals surface area contributed by atoms with Crippen molar-refractivity contribution >= 4 is 43.9 Å². The van der Waals surface area contributed by atoms with E-state index in [2.05, 4.69) is 21.7 Å². The van der Waals surface area contributed by atoms with Gasteiger partial charge in [0.25, 0.3) is 5.91 Å². The van der Waals surface area contributed by atoms with E-state index < -0.39 is 0 Å². The molecule has 1 aromatic carbocycles. The standard InChI is InChI=1S/C14H13N3OS2/c18-13(12-6-3-9-19-12)15-7-8-16-14-17-10-4-1-2-5-11(10)20-14/h1-6,9H,7-8H2,(H,15,18)(H,16,17). The van der Waals surface area contributed by atoms with Crippen LogP contribution in [0.15, 0.2) is 41.8 Å². The zero-order chi connectivity index (χ0) is 13.8. The van der Waals surface area contributed by atoms with E-state index in [9.17, 15) is 4.79 Å². The molecule has 0 spiro atoms. The normalized spacial score (nSPS) is 10.6. The molecule has 0 aliphatic rings. The smallest absolute Gasteiger partial charge is 0.261 e. The van der Waals surface area contributed by atoms with Gasteiger partial charge in [0.1, 0.15) is 0 Å². The van der Waals surface area contributed by atoms with Crippen molar-refractivity contribution in [3.05, 3.63) is 46.7 Å². The van der Waals surface area contributed by atoms with Gasteiger partial charge in [0.05, 0.1) is 15.1 Å². The van der Waals surface area contributed by atoms with Crippen LogP contribution < -0.4 is 10.6 Å². The Morgan fingerprint density at radius 1 is 1.15 bits per heavy atom. The Bertz CT molecular complexity index is 673. The number of thiophene rings is 1. The van der Waals surface area contributed by atoms with Crippen molar-refractivity contribution < 1.29 is 4.79 Å². The molecule has 0 atom stereocenters. The maximum absolute atomic E-state index is 11.7. The van der Waals surface area contributed by atoms with Crippen molar-refractivity contribution in [2.75, 3.05) is 18.4 Å². The fraction of sp³-hybridized carbons (Fsp3) is 0.143. The SMILES string of the molecule is O=C(NCCNc1nc2ccccc2s1)c1cccs1. The van der Waals surface area contributed by atoms with Crippen LogP contribution >= 0.6 is 22.7 Å². The van der Waals surface area contributed by atoms with Gasteiger partial charge in [-0.2, -0.15) is 0 Å². The minimum Gasteiger partial charge on any atom is -0.360 e. The molecule has 1 amide bonds. The third-order valence-electron chi connectivity index (χ3n) is 2.73. The van der Waals surface area contributed by atoms with Crippen LogP contribution in [0.2, 0.25) is 0 Å². The van der Waals surface area contributed by atoms with Crippen LogP contribution in [-0.4, -0.2) is 24.0 Å². The number of aromatic nitrogens is 1. The summed E-state index contributed by atoms with van der Waals surface area (Å²) in [5.74, 6) is -0.0221. The van der Waals surface area contributed by atoms with Crippen LogP contribution in [0.5, 0.6) is 0 Å². The van der Waals surface area contributed by atoms with E-state index in [0.717, 1.165) is 20.2 Å². The molecule has 0 radical (unpaired) electrons. The van der Waals surface area contributed by atoms with Crippen molar-refractivity contribution in [1.29, 1.82) is 0 Å². The first-order chi connectivity index (χ1) is 9.83. The summed E-state index contributed by atoms with van der Waals surface area (Å²) in [6, 6.07) is 11.7. The Labute approximate surface area is 124 Å². The fourth-order valence-corrected chi connectivity index (χ4v) is 3.32. The second-order valence-electron chi connectivity index (χ2n) is 4.15. The highest BCUT2D eigenvalue weighted by atomic mass is 32.1. The van der Waals surface area contributed by atoms with Gasteiger partial charge in [-0.05, 0) is 23.6 Å². The van der Waals surface area contributed by atoms with E-state index >= 15 is 0 Å². The average Bonchev–Trinajstić information content (AvgIpc) is 3.11. The number of amides is 1. The highest BCUT2D eigenvalue weighted by Gasteiger charge is 2.05. The second kappa shape index (κ2) is 6.02. The lowest BCUT2D eigenvalue weighted by atomic mass is 10.3. The minimum atomic E-state index is -0.0221. The third-order valence-corrected chi connectivity index (χ3v) is 4.59. The molecule has 4 nitrogen and oxygen atoms in total. The van der Waals surface area contributed by atoms with Crippen molar-refractivity contribution in [3.63, 3.8) is 0 Å². The number of para-hydroxylation sites is 1. The lowest BCUT2D eigenvalue weighted by Crippen LogP contribution is -2.28. The number of nitrogens with one attached hydrogen (secondary N) is 2. The molecule has 20 heavy (non-hydrogen) atoms. The lowest BCUT2D eigenvalue weighted by Gasteiger charge is -2.04. The summed E-state index contributed by atoms with van der Waals surface area (Å²) >= 11 is 3.07. The first-order valence-corrected chi connectivity index (χ1v) is 7.94. The Morgan fingerprint density at radius 2 is 2.05 bits per heavy atom. The van der Waals surface area contributed by atoms with Crippen LogP contribution in [0, 0.1) is 0 Å². The summed E-state index contributed by atoms with van der Waals surface area (Å²) in [5, 5.41) is 8.89. The van der Waals surface area contributed by atoms with Gasteiger partial charge >= 0.3 is 0 Å². The predicted octanol–water partition coefficient (Wildman–Crippen LogP) is 3.20. The molecule has 0 unspecified atom stereocenters. The molecule has 2 N–H and O–H groups in total. The maximum atomic E-state index is 11.7. The largest absolute Gasteiger partial charge is 0.360 e. The number of benzene rings is 1. The topological polar surface area (TPSA) is 54.0 Å². The summed E-state index contributed by atoms with van der Waals surface area (Å²) in [6.45, 7) is 1.24. The summed E-state index contributed by atoms with van der Waals surface area (Å²) in [7, 11) is 0. The number of nitrogens with zero attached hydrogens (tertiary/aromatic N) is 1. The van der Waals surface area contributed by atoms with Crippen molar-refractivity contribution in [2.24, 2.45) is 0 Å². The van der Waals surface area contributed by atoms with Crippen LogP contribution in [0.25, 0.3) is 10.2 Å². The predicted molar refractivity (Wildman–Crippen MR) is 84.8 cm³/mol. The number of anilines is 1. The summed E-state index contributed by atoms with van der Waals surface area (Å²) < 4.78 is 1.16. The van der Waals surface area contributed by atoms with Crippen LogP contribution in [0.1, 0.15) is 9.67 Å². The van der Waals surface area contributed by atoms with E-state index in [1.165, 1.54) is 11.3 Å². The number of thiazole rings is 1. The second-order valence-corrected chi connectivity index (χ2v) is 6.13. The molecular weight excluding hydrogens is 290 g/mol. The number of rotatable bonds is 5. The molecule has 6 heteroatoms. The number of hydrogen-bond acceptors (Lipinski definition) is 5. The number of fused-ring (bicyclic) bond motifs is 1. The lowest BCUT2D eigenvalue weighted by molar-refractivity contribution is 0.0959. The van der Waals surface area contributed by atoms with Crippen molar-refractivity contribution in [3.8, 4) is 0 Å². The van der Waals surface area contributed by atoms with Crippen LogP contribution in [0.3, 0.4) is 0 Å². The zero-order valence-corrected chi connectivity index (χ0v) is 12.3. The first kappa shape index (κ1) is 13.1. The van der Waals surface area contributed by atoms with E-state index in [-0.39, 0.29) is 5.91 Å². The Hall–Kier alpha value is -1.92.